The van der Waals surface area contributed by atoms with E-state index in [4.69, 9.17) is 14.5 Å². The summed E-state index contributed by atoms with van der Waals surface area (Å²) in [5.41, 5.74) is 3.77. The number of aromatic nitrogens is 1. The van der Waals surface area contributed by atoms with Crippen molar-refractivity contribution in [3.63, 3.8) is 0 Å². The molecule has 6 nitrogen and oxygen atoms in total. The van der Waals surface area contributed by atoms with Crippen LogP contribution < -0.4 is 9.64 Å². The van der Waals surface area contributed by atoms with E-state index in [1.54, 1.807) is 11.3 Å². The Morgan fingerprint density at radius 3 is 2.75 bits per heavy atom. The highest BCUT2D eigenvalue weighted by Gasteiger charge is 2.23. The van der Waals surface area contributed by atoms with Crippen molar-refractivity contribution in [2.24, 2.45) is 0 Å². The number of morpholine rings is 1. The van der Waals surface area contributed by atoms with Crippen LogP contribution in [0.15, 0.2) is 36.4 Å². The van der Waals surface area contributed by atoms with Gasteiger partial charge < -0.3 is 9.47 Å². The summed E-state index contributed by atoms with van der Waals surface area (Å²) in [6.07, 6.45) is 0.886. The first-order valence-electron chi connectivity index (χ1n) is 11.3. The van der Waals surface area contributed by atoms with Gasteiger partial charge in [0.1, 0.15) is 5.75 Å². The molecule has 0 saturated carbocycles. The molecule has 0 aliphatic carbocycles. The Labute approximate surface area is 193 Å². The van der Waals surface area contributed by atoms with Crippen LogP contribution in [-0.2, 0) is 4.74 Å². The molecule has 0 atom stereocenters. The maximum Gasteiger partial charge on any atom is 0.260 e. The molecular weight excluding hydrogens is 422 g/mol. The lowest BCUT2D eigenvalue weighted by atomic mass is 10.0. The topological polar surface area (TPSA) is 54.9 Å². The van der Waals surface area contributed by atoms with Gasteiger partial charge in [-0.25, -0.2) is 4.98 Å². The third-order valence-electron chi connectivity index (χ3n) is 5.71. The lowest BCUT2D eigenvalue weighted by Crippen LogP contribution is -2.39. The van der Waals surface area contributed by atoms with E-state index >= 15 is 0 Å². The molecule has 1 aliphatic heterocycles. The third-order valence-corrected chi connectivity index (χ3v) is 6.75. The van der Waals surface area contributed by atoms with Gasteiger partial charge in [-0.2, -0.15) is 0 Å². The van der Waals surface area contributed by atoms with E-state index in [2.05, 4.69) is 11.0 Å². The van der Waals surface area contributed by atoms with Crippen molar-refractivity contribution in [1.29, 1.82) is 0 Å². The number of carbonyl (C=O) groups excluding carboxylic acids is 1. The quantitative estimate of drug-likeness (QED) is 0.496. The second-order valence-electron chi connectivity index (χ2n) is 8.14. The number of aryl methyl sites for hydroxylation is 2. The highest BCUT2D eigenvalue weighted by Crippen LogP contribution is 2.32. The summed E-state index contributed by atoms with van der Waals surface area (Å²) < 4.78 is 12.1. The first kappa shape index (κ1) is 22.7. The fourth-order valence-corrected chi connectivity index (χ4v) is 5.04. The summed E-state index contributed by atoms with van der Waals surface area (Å²) in [5, 5.41) is 0.737. The van der Waals surface area contributed by atoms with E-state index < -0.39 is 0 Å². The van der Waals surface area contributed by atoms with E-state index in [-0.39, 0.29) is 5.91 Å². The van der Waals surface area contributed by atoms with Crippen molar-refractivity contribution in [1.82, 2.24) is 9.88 Å². The van der Waals surface area contributed by atoms with Gasteiger partial charge in [-0.3, -0.25) is 14.6 Å². The Balaban J connectivity index is 1.60. The maximum absolute atomic E-state index is 13.6. The fourth-order valence-electron chi connectivity index (χ4n) is 4.02. The largest absolute Gasteiger partial charge is 0.494 e. The van der Waals surface area contributed by atoms with Gasteiger partial charge in [-0.15, -0.1) is 0 Å². The molecule has 1 saturated heterocycles. The van der Waals surface area contributed by atoms with Crippen LogP contribution in [0.4, 0.5) is 5.13 Å². The summed E-state index contributed by atoms with van der Waals surface area (Å²) in [7, 11) is 0. The summed E-state index contributed by atoms with van der Waals surface area (Å²) in [6.45, 7) is 11.7. The van der Waals surface area contributed by atoms with Crippen molar-refractivity contribution in [2.75, 3.05) is 50.9 Å². The van der Waals surface area contributed by atoms with Gasteiger partial charge in [0.05, 0.1) is 30.0 Å². The van der Waals surface area contributed by atoms with Gasteiger partial charge in [0, 0.05) is 31.7 Å². The van der Waals surface area contributed by atoms with Crippen LogP contribution in [0.2, 0.25) is 0 Å². The molecule has 4 rings (SSSR count). The highest BCUT2D eigenvalue weighted by molar-refractivity contribution is 7.22. The predicted molar refractivity (Wildman–Crippen MR) is 130 cm³/mol. The predicted octanol–water partition coefficient (Wildman–Crippen LogP) is 4.68. The molecule has 1 aromatic heterocycles. The van der Waals surface area contributed by atoms with Crippen LogP contribution in [0.3, 0.4) is 0 Å². The number of anilines is 1. The molecule has 7 heteroatoms. The zero-order valence-electron chi connectivity index (χ0n) is 19.1. The molecule has 1 aliphatic rings. The van der Waals surface area contributed by atoms with Crippen molar-refractivity contribution >= 4 is 32.6 Å². The number of fused-ring (bicyclic) bond motifs is 1. The van der Waals surface area contributed by atoms with Crippen LogP contribution in [-0.4, -0.2) is 61.8 Å². The second-order valence-corrected chi connectivity index (χ2v) is 9.15. The summed E-state index contributed by atoms with van der Waals surface area (Å²) >= 11 is 1.54. The number of thiazole rings is 1. The molecule has 0 bridgehead atoms. The molecule has 1 fully saturated rings. The number of nitrogens with zero attached hydrogens (tertiary/aromatic N) is 3. The lowest BCUT2D eigenvalue weighted by Gasteiger charge is -2.28. The van der Waals surface area contributed by atoms with Gasteiger partial charge in [0.15, 0.2) is 5.13 Å². The number of hydrogen-bond donors (Lipinski definition) is 0. The average molecular weight is 454 g/mol. The van der Waals surface area contributed by atoms with Gasteiger partial charge in [0.2, 0.25) is 0 Å². The van der Waals surface area contributed by atoms with E-state index in [1.165, 1.54) is 0 Å². The number of ether oxygens (including phenoxy) is 2. The van der Waals surface area contributed by atoms with E-state index in [0.717, 1.165) is 77.1 Å². The summed E-state index contributed by atoms with van der Waals surface area (Å²) in [4.78, 5) is 22.7. The molecule has 2 heterocycles. The van der Waals surface area contributed by atoms with Crippen molar-refractivity contribution in [2.45, 2.75) is 27.2 Å². The van der Waals surface area contributed by atoms with E-state index in [0.29, 0.717) is 13.2 Å². The van der Waals surface area contributed by atoms with Crippen LogP contribution in [0, 0.1) is 13.8 Å². The fraction of sp³-hybridized carbons (Fsp3) is 0.440. The zero-order chi connectivity index (χ0) is 22.5. The molecule has 0 radical (unpaired) electrons. The second kappa shape index (κ2) is 10.4. The van der Waals surface area contributed by atoms with Gasteiger partial charge in [-0.05, 0) is 57.0 Å². The number of amides is 1. The monoisotopic (exact) mass is 453 g/mol. The maximum atomic E-state index is 13.6. The van der Waals surface area contributed by atoms with Crippen molar-refractivity contribution in [3.8, 4) is 5.75 Å². The normalized spacial score (nSPS) is 14.6. The van der Waals surface area contributed by atoms with Crippen LogP contribution in [0.5, 0.6) is 5.75 Å². The lowest BCUT2D eigenvalue weighted by molar-refractivity contribution is 0.0376. The van der Waals surface area contributed by atoms with Gasteiger partial charge >= 0.3 is 0 Å². The Morgan fingerprint density at radius 1 is 1.19 bits per heavy atom. The highest BCUT2D eigenvalue weighted by atomic mass is 32.1. The molecule has 0 spiro atoms. The van der Waals surface area contributed by atoms with Crippen LogP contribution >= 0.6 is 11.3 Å². The Hall–Kier alpha value is -2.48. The van der Waals surface area contributed by atoms with Gasteiger partial charge in [0.25, 0.3) is 5.91 Å². The third kappa shape index (κ3) is 5.28. The Morgan fingerprint density at radius 2 is 2.00 bits per heavy atom. The molecule has 32 heavy (non-hydrogen) atoms. The molecule has 3 aromatic rings. The van der Waals surface area contributed by atoms with E-state index in [9.17, 15) is 4.79 Å². The average Bonchev–Trinajstić information content (AvgIpc) is 3.20. The van der Waals surface area contributed by atoms with Crippen LogP contribution in [0.25, 0.3) is 10.2 Å². The molecule has 170 valence electrons. The Kier molecular flexibility index (Phi) is 7.40. The van der Waals surface area contributed by atoms with Crippen molar-refractivity contribution in [3.05, 3.63) is 53.1 Å². The minimum absolute atomic E-state index is 0.00793. The number of rotatable bonds is 8. The van der Waals surface area contributed by atoms with E-state index in [1.807, 2.05) is 56.0 Å². The number of benzene rings is 2. The summed E-state index contributed by atoms with van der Waals surface area (Å²) in [5.74, 6) is 0.836. The van der Waals surface area contributed by atoms with Gasteiger partial charge in [-0.1, -0.05) is 29.0 Å². The molecule has 0 N–H and O–H groups in total. The molecule has 0 unspecified atom stereocenters. The minimum atomic E-state index is 0.00793. The molecular formula is C25H31N3O3S. The zero-order valence-corrected chi connectivity index (χ0v) is 19.9. The first-order valence-corrected chi connectivity index (χ1v) is 12.1. The number of hydrogen-bond acceptors (Lipinski definition) is 6. The number of carbonyl (C=O) groups is 1. The van der Waals surface area contributed by atoms with Crippen molar-refractivity contribution < 1.29 is 14.3 Å². The smallest absolute Gasteiger partial charge is 0.260 e. The van der Waals surface area contributed by atoms with Crippen LogP contribution in [0.1, 0.15) is 34.8 Å². The standard InChI is InChI=1S/C25H31N3O3S/c1-4-31-20-7-9-22-23(17-20)32-25(26-22)28(11-5-10-27-12-14-30-15-13-27)24(29)21-8-6-18(2)16-19(21)3/h6-9,16-17H,4-5,10-15H2,1-3H3. The summed E-state index contributed by atoms with van der Waals surface area (Å²) in [6, 6.07) is 11.9. The molecule has 1 amide bonds. The Bertz CT molecular complexity index is 1080. The molecule has 2 aromatic carbocycles. The SMILES string of the molecule is CCOc1ccc2nc(N(CCCN3CCOCC3)C(=O)c3ccc(C)cc3C)sc2c1. The first-order chi connectivity index (χ1) is 15.5. The minimum Gasteiger partial charge on any atom is -0.494 e.